The summed E-state index contributed by atoms with van der Waals surface area (Å²) in [7, 11) is -3.37. The molecule has 1 saturated heterocycles. The zero-order valence-electron chi connectivity index (χ0n) is 15.8. The van der Waals surface area contributed by atoms with Crippen molar-refractivity contribution in [2.75, 3.05) is 17.9 Å². The topological polar surface area (TPSA) is 103 Å². The van der Waals surface area contributed by atoms with Crippen LogP contribution in [0.2, 0.25) is 4.34 Å². The number of hydrogen-bond donors (Lipinski definition) is 1. The summed E-state index contributed by atoms with van der Waals surface area (Å²) in [6.07, 6.45) is 8.59. The van der Waals surface area contributed by atoms with Crippen LogP contribution in [0.4, 0.5) is 5.69 Å². The quantitative estimate of drug-likeness (QED) is 0.619. The Bertz CT molecular complexity index is 964. The van der Waals surface area contributed by atoms with E-state index in [9.17, 15) is 13.2 Å². The largest absolute Gasteiger partial charge is 0.381 e. The molecule has 0 spiro atoms. The number of halogens is 1. The first-order valence-corrected chi connectivity index (χ1v) is 12.4. The number of anilines is 1. The molecule has 8 nitrogen and oxygen atoms in total. The van der Waals surface area contributed by atoms with Gasteiger partial charge in [-0.05, 0) is 38.0 Å². The van der Waals surface area contributed by atoms with Crippen LogP contribution in [0.25, 0.3) is 0 Å². The van der Waals surface area contributed by atoms with Gasteiger partial charge in [0.1, 0.15) is 15.4 Å². The van der Waals surface area contributed by atoms with E-state index < -0.39 is 16.1 Å². The van der Waals surface area contributed by atoms with Gasteiger partial charge in [0.2, 0.25) is 10.0 Å². The van der Waals surface area contributed by atoms with Gasteiger partial charge < -0.3 is 4.74 Å². The molecule has 0 bridgehead atoms. The smallest absolute Gasteiger partial charge is 0.235 e. The highest BCUT2D eigenvalue weighted by molar-refractivity contribution is 7.93. The Hall–Kier alpha value is -1.49. The Morgan fingerprint density at radius 1 is 1.31 bits per heavy atom. The van der Waals surface area contributed by atoms with Crippen LogP contribution in [0, 0.1) is 5.92 Å². The molecule has 1 atom stereocenters. The molecule has 1 aliphatic carbocycles. The van der Waals surface area contributed by atoms with Crippen LogP contribution in [0.5, 0.6) is 0 Å². The third-order valence-corrected chi connectivity index (χ3v) is 8.25. The van der Waals surface area contributed by atoms with Gasteiger partial charge in [-0.15, -0.1) is 11.3 Å². The molecule has 2 aromatic heterocycles. The molecule has 1 saturated carbocycles. The van der Waals surface area contributed by atoms with Crippen molar-refractivity contribution in [2.24, 2.45) is 5.92 Å². The molecule has 3 heterocycles. The standard InChI is InChI=1S/C18H23ClN4O4S2/c19-17-10-20-18(28-17)8-16(24)15(7-12-3-5-27-6-4-12)23-11-13(9-21-23)22-29(25,26)14-1-2-14/h9-12,14-15,22H,1-8H2. The first-order valence-electron chi connectivity index (χ1n) is 9.67. The number of thiazole rings is 1. The fourth-order valence-electron chi connectivity index (χ4n) is 3.51. The molecule has 0 radical (unpaired) electrons. The van der Waals surface area contributed by atoms with Gasteiger partial charge in [0.25, 0.3) is 0 Å². The molecule has 1 unspecified atom stereocenters. The van der Waals surface area contributed by atoms with Crippen LogP contribution < -0.4 is 4.72 Å². The molecule has 0 aromatic carbocycles. The van der Waals surface area contributed by atoms with E-state index in [-0.39, 0.29) is 17.5 Å². The molecule has 0 amide bonds. The maximum absolute atomic E-state index is 13.1. The molecule has 158 valence electrons. The number of aromatic nitrogens is 3. The highest BCUT2D eigenvalue weighted by Crippen LogP contribution is 2.31. The van der Waals surface area contributed by atoms with Crippen molar-refractivity contribution in [3.63, 3.8) is 0 Å². The first kappa shape index (κ1) is 20.8. The van der Waals surface area contributed by atoms with E-state index in [1.807, 2.05) is 0 Å². The van der Waals surface area contributed by atoms with Crippen LogP contribution in [0.1, 0.15) is 43.2 Å². The number of ether oxygens (including phenoxy) is 1. The number of carbonyl (C=O) groups is 1. The first-order chi connectivity index (χ1) is 13.9. The molecule has 2 aromatic rings. The molecular weight excluding hydrogens is 436 g/mol. The normalized spacial score (nSPS) is 19.2. The Labute approximate surface area is 178 Å². The summed E-state index contributed by atoms with van der Waals surface area (Å²) in [5.74, 6) is 0.343. The lowest BCUT2D eigenvalue weighted by Gasteiger charge is -2.26. The second kappa shape index (κ2) is 8.71. The van der Waals surface area contributed by atoms with Gasteiger partial charge in [-0.1, -0.05) is 11.6 Å². The number of sulfonamides is 1. The third kappa shape index (κ3) is 5.36. The Morgan fingerprint density at radius 2 is 2.07 bits per heavy atom. The van der Waals surface area contributed by atoms with Gasteiger partial charge >= 0.3 is 0 Å². The predicted octanol–water partition coefficient (Wildman–Crippen LogP) is 3.07. The van der Waals surface area contributed by atoms with Crippen LogP contribution in [0.15, 0.2) is 18.6 Å². The van der Waals surface area contributed by atoms with Crippen molar-refractivity contribution in [3.8, 4) is 0 Å². The zero-order chi connectivity index (χ0) is 20.4. The van der Waals surface area contributed by atoms with E-state index in [0.717, 1.165) is 12.8 Å². The summed E-state index contributed by atoms with van der Waals surface area (Å²) in [6, 6.07) is -0.486. The minimum absolute atomic E-state index is 0.0118. The minimum Gasteiger partial charge on any atom is -0.381 e. The number of carbonyl (C=O) groups excluding carboxylic acids is 1. The molecular formula is C18H23ClN4O4S2. The van der Waals surface area contributed by atoms with E-state index in [4.69, 9.17) is 16.3 Å². The summed E-state index contributed by atoms with van der Waals surface area (Å²) in [4.78, 5) is 17.3. The lowest BCUT2D eigenvalue weighted by atomic mass is 9.90. The second-order valence-corrected chi connectivity index (χ2v) is 11.3. The van der Waals surface area contributed by atoms with Crippen molar-refractivity contribution in [1.82, 2.24) is 14.8 Å². The molecule has 2 aliphatic rings. The summed E-state index contributed by atoms with van der Waals surface area (Å²) < 4.78 is 34.5. The molecule has 4 rings (SSSR count). The number of nitrogens with one attached hydrogen (secondary N) is 1. The van der Waals surface area contributed by atoms with Crippen LogP contribution >= 0.6 is 22.9 Å². The average Bonchev–Trinajstić information content (AvgIpc) is 3.35. The molecule has 2 fully saturated rings. The Kier molecular flexibility index (Phi) is 6.24. The monoisotopic (exact) mass is 458 g/mol. The average molecular weight is 459 g/mol. The highest BCUT2D eigenvalue weighted by atomic mass is 35.5. The van der Waals surface area contributed by atoms with Gasteiger partial charge in [-0.3, -0.25) is 14.2 Å². The lowest BCUT2D eigenvalue weighted by molar-refractivity contribution is -0.122. The van der Waals surface area contributed by atoms with E-state index in [0.29, 0.717) is 53.4 Å². The fourth-order valence-corrected chi connectivity index (χ4v) is 5.83. The Balaban J connectivity index is 1.51. The summed E-state index contributed by atoms with van der Waals surface area (Å²) in [5, 5.41) is 4.65. The number of hydrogen-bond acceptors (Lipinski definition) is 7. The van der Waals surface area contributed by atoms with E-state index >= 15 is 0 Å². The Morgan fingerprint density at radius 3 is 2.72 bits per heavy atom. The lowest BCUT2D eigenvalue weighted by Crippen LogP contribution is -2.27. The van der Waals surface area contributed by atoms with E-state index in [2.05, 4.69) is 14.8 Å². The van der Waals surface area contributed by atoms with E-state index in [1.165, 1.54) is 17.5 Å². The fraction of sp³-hybridized carbons (Fsp3) is 0.611. The third-order valence-electron chi connectivity index (χ3n) is 5.26. The number of Topliss-reactive ketones (excluding diaryl/α,β-unsaturated/α-hetero) is 1. The molecule has 1 N–H and O–H groups in total. The van der Waals surface area contributed by atoms with Crippen molar-refractivity contribution in [3.05, 3.63) is 27.9 Å². The zero-order valence-corrected chi connectivity index (χ0v) is 18.2. The van der Waals surface area contributed by atoms with Crippen molar-refractivity contribution < 1.29 is 17.9 Å². The van der Waals surface area contributed by atoms with Crippen molar-refractivity contribution >= 4 is 44.4 Å². The molecule has 11 heteroatoms. The van der Waals surface area contributed by atoms with E-state index in [1.54, 1.807) is 17.1 Å². The summed E-state index contributed by atoms with van der Waals surface area (Å²) >= 11 is 7.23. The minimum atomic E-state index is -3.37. The van der Waals surface area contributed by atoms with Crippen molar-refractivity contribution in [1.29, 1.82) is 0 Å². The molecule has 29 heavy (non-hydrogen) atoms. The van der Waals surface area contributed by atoms with Gasteiger partial charge in [0.15, 0.2) is 5.78 Å². The van der Waals surface area contributed by atoms with Crippen LogP contribution in [-0.4, -0.2) is 47.4 Å². The van der Waals surface area contributed by atoms with Gasteiger partial charge in [-0.2, -0.15) is 5.10 Å². The summed E-state index contributed by atoms with van der Waals surface area (Å²) in [5.41, 5.74) is 0.388. The van der Waals surface area contributed by atoms with Gasteiger partial charge in [0.05, 0.1) is 29.8 Å². The maximum atomic E-state index is 13.1. The van der Waals surface area contributed by atoms with Crippen LogP contribution in [0.3, 0.4) is 0 Å². The number of nitrogens with zero attached hydrogens (tertiary/aromatic N) is 3. The van der Waals surface area contributed by atoms with Crippen molar-refractivity contribution in [2.45, 2.75) is 49.8 Å². The summed E-state index contributed by atoms with van der Waals surface area (Å²) in [6.45, 7) is 1.39. The maximum Gasteiger partial charge on any atom is 0.235 e. The van der Waals surface area contributed by atoms with Crippen LogP contribution in [-0.2, 0) is 26.0 Å². The SMILES string of the molecule is O=C(Cc1ncc(Cl)s1)C(CC1CCOCC1)n1cc(NS(=O)(=O)C2CC2)cn1. The predicted molar refractivity (Wildman–Crippen MR) is 111 cm³/mol. The van der Waals surface area contributed by atoms with Gasteiger partial charge in [-0.25, -0.2) is 13.4 Å². The second-order valence-electron chi connectivity index (χ2n) is 7.56. The number of ketones is 1. The highest BCUT2D eigenvalue weighted by Gasteiger charge is 2.36. The van der Waals surface area contributed by atoms with Gasteiger partial charge in [0, 0.05) is 19.4 Å². The number of rotatable bonds is 9. The molecule has 1 aliphatic heterocycles.